The molecule has 1 saturated heterocycles. The third-order valence-corrected chi connectivity index (χ3v) is 6.51. The van der Waals surface area contributed by atoms with Gasteiger partial charge < -0.3 is 9.80 Å². The molecule has 4 heteroatoms. The normalized spacial score (nSPS) is 23.8. The highest BCUT2D eigenvalue weighted by atomic mass is 19.1. The Morgan fingerprint density at radius 2 is 1.96 bits per heavy atom. The molecule has 2 aliphatic heterocycles. The van der Waals surface area contributed by atoms with Crippen molar-refractivity contribution in [2.75, 3.05) is 31.1 Å². The predicted molar refractivity (Wildman–Crippen MR) is 93.7 cm³/mol. The minimum Gasteiger partial charge on any atom is -0.311 e. The van der Waals surface area contributed by atoms with Crippen LogP contribution in [0.4, 0.5) is 10.1 Å². The fourth-order valence-electron chi connectivity index (χ4n) is 4.96. The number of carbonyl (C=O) groups is 1. The summed E-state index contributed by atoms with van der Waals surface area (Å²) in [6.45, 7) is 6.08. The van der Waals surface area contributed by atoms with Crippen molar-refractivity contribution in [1.82, 2.24) is 4.90 Å². The molecule has 0 radical (unpaired) electrons. The molecule has 1 spiro atoms. The van der Waals surface area contributed by atoms with Gasteiger partial charge >= 0.3 is 0 Å². The number of halogens is 1. The zero-order chi connectivity index (χ0) is 16.7. The molecule has 0 bridgehead atoms. The van der Waals surface area contributed by atoms with Crippen LogP contribution in [0.15, 0.2) is 18.2 Å². The first-order valence-corrected chi connectivity index (χ1v) is 9.47. The van der Waals surface area contributed by atoms with Crippen LogP contribution >= 0.6 is 0 Å². The van der Waals surface area contributed by atoms with E-state index in [0.29, 0.717) is 0 Å². The molecule has 0 N–H and O–H groups in total. The topological polar surface area (TPSA) is 23.6 Å². The molecule has 1 saturated carbocycles. The number of anilines is 1. The third-order valence-electron chi connectivity index (χ3n) is 6.51. The van der Waals surface area contributed by atoms with Crippen LogP contribution in [0.2, 0.25) is 0 Å². The predicted octanol–water partition coefficient (Wildman–Crippen LogP) is 3.72. The summed E-state index contributed by atoms with van der Waals surface area (Å²) in [5.74, 6) is 0.269. The lowest BCUT2D eigenvalue weighted by Crippen LogP contribution is -2.46. The van der Waals surface area contributed by atoms with E-state index in [0.717, 1.165) is 76.0 Å². The zero-order valence-corrected chi connectivity index (χ0v) is 14.6. The van der Waals surface area contributed by atoms with Gasteiger partial charge in [0, 0.05) is 23.6 Å². The average Bonchev–Trinajstić information content (AvgIpc) is 3.23. The number of carbonyl (C=O) groups excluding carboxylic acids is 1. The van der Waals surface area contributed by atoms with Gasteiger partial charge in [0.05, 0.1) is 0 Å². The quantitative estimate of drug-likeness (QED) is 0.825. The van der Waals surface area contributed by atoms with E-state index < -0.39 is 0 Å². The van der Waals surface area contributed by atoms with E-state index in [1.165, 1.54) is 6.07 Å². The second kappa shape index (κ2) is 6.14. The molecular formula is C20H27FN2O. The Morgan fingerprint density at radius 1 is 1.25 bits per heavy atom. The minimum absolute atomic E-state index is 0.0443. The molecule has 1 aromatic rings. The lowest BCUT2D eigenvalue weighted by Gasteiger charge is -2.39. The van der Waals surface area contributed by atoms with E-state index in [1.54, 1.807) is 6.07 Å². The summed E-state index contributed by atoms with van der Waals surface area (Å²) < 4.78 is 14.0. The maximum atomic E-state index is 14.0. The van der Waals surface area contributed by atoms with Gasteiger partial charge in [-0.2, -0.15) is 0 Å². The van der Waals surface area contributed by atoms with E-state index in [4.69, 9.17) is 0 Å². The van der Waals surface area contributed by atoms with E-state index in [9.17, 15) is 9.18 Å². The lowest BCUT2D eigenvalue weighted by molar-refractivity contribution is -0.122. The lowest BCUT2D eigenvalue weighted by atomic mass is 9.74. The molecule has 1 aromatic carbocycles. The summed E-state index contributed by atoms with van der Waals surface area (Å²) in [7, 11) is 0. The van der Waals surface area contributed by atoms with Crippen molar-refractivity contribution < 1.29 is 9.18 Å². The van der Waals surface area contributed by atoms with E-state index in [-0.39, 0.29) is 23.1 Å². The third kappa shape index (κ3) is 2.55. The summed E-state index contributed by atoms with van der Waals surface area (Å²) in [6.07, 6.45) is 6.40. The summed E-state index contributed by atoms with van der Waals surface area (Å²) in [5.41, 5.74) is 2.00. The van der Waals surface area contributed by atoms with Crippen LogP contribution in [0.1, 0.15) is 51.0 Å². The molecule has 4 rings (SSSR count). The fourth-order valence-corrected chi connectivity index (χ4v) is 4.96. The first-order valence-electron chi connectivity index (χ1n) is 9.47. The van der Waals surface area contributed by atoms with Crippen LogP contribution in [-0.4, -0.2) is 37.0 Å². The zero-order valence-electron chi connectivity index (χ0n) is 14.6. The minimum atomic E-state index is -0.179. The first-order chi connectivity index (χ1) is 11.6. The fraction of sp³-hybridized carbons (Fsp3) is 0.650. The molecular weight excluding hydrogens is 303 g/mol. The molecule has 2 fully saturated rings. The molecule has 24 heavy (non-hydrogen) atoms. The van der Waals surface area contributed by atoms with E-state index >= 15 is 0 Å². The van der Waals surface area contributed by atoms with E-state index in [1.807, 2.05) is 11.0 Å². The van der Waals surface area contributed by atoms with Crippen LogP contribution in [0, 0.1) is 11.7 Å². The summed E-state index contributed by atoms with van der Waals surface area (Å²) in [4.78, 5) is 17.5. The van der Waals surface area contributed by atoms with Crippen LogP contribution in [0.25, 0.3) is 0 Å². The number of nitrogens with zero attached hydrogens (tertiary/aromatic N) is 2. The highest BCUT2D eigenvalue weighted by Crippen LogP contribution is 2.48. The second-order valence-corrected chi connectivity index (χ2v) is 7.78. The van der Waals surface area contributed by atoms with Crippen molar-refractivity contribution in [3.63, 3.8) is 0 Å². The number of benzene rings is 1. The Labute approximate surface area is 143 Å². The van der Waals surface area contributed by atoms with Gasteiger partial charge in [0.25, 0.3) is 0 Å². The highest BCUT2D eigenvalue weighted by Gasteiger charge is 2.47. The molecule has 1 aliphatic carbocycles. The maximum Gasteiger partial charge on any atom is 0.230 e. The van der Waals surface area contributed by atoms with Crippen LogP contribution < -0.4 is 4.90 Å². The van der Waals surface area contributed by atoms with Crippen molar-refractivity contribution in [2.24, 2.45) is 5.92 Å². The summed E-state index contributed by atoms with van der Waals surface area (Å²) in [6, 6.07) is 5.03. The number of fused-ring (bicyclic) bond motifs is 2. The van der Waals surface area contributed by atoms with Gasteiger partial charge in [-0.15, -0.1) is 0 Å². The molecule has 3 aliphatic rings. The van der Waals surface area contributed by atoms with Crippen molar-refractivity contribution >= 4 is 11.6 Å². The summed E-state index contributed by atoms with van der Waals surface area (Å²) >= 11 is 0. The molecule has 0 unspecified atom stereocenters. The molecule has 130 valence electrons. The molecule has 2 heterocycles. The van der Waals surface area contributed by atoms with Gasteiger partial charge in [0.15, 0.2) is 0 Å². The summed E-state index contributed by atoms with van der Waals surface area (Å²) in [5, 5.41) is 0. The van der Waals surface area contributed by atoms with Crippen LogP contribution in [0.3, 0.4) is 0 Å². The standard InChI is InChI=1S/C20H27FN2O/c1-2-22-11-9-20(10-12-22)14-23(19(24)15-5-3-4-6-15)18-8-7-16(21)13-17(18)20/h7-8,13,15H,2-6,9-12,14H2,1H3. The van der Waals surface area contributed by atoms with E-state index in [2.05, 4.69) is 11.8 Å². The Morgan fingerprint density at radius 3 is 2.62 bits per heavy atom. The maximum absolute atomic E-state index is 14.0. The van der Waals surface area contributed by atoms with Crippen molar-refractivity contribution in [3.05, 3.63) is 29.6 Å². The monoisotopic (exact) mass is 330 g/mol. The largest absolute Gasteiger partial charge is 0.311 e. The Balaban J connectivity index is 1.66. The average molecular weight is 330 g/mol. The number of amides is 1. The van der Waals surface area contributed by atoms with Gasteiger partial charge in [-0.25, -0.2) is 4.39 Å². The van der Waals surface area contributed by atoms with Crippen molar-refractivity contribution in [3.8, 4) is 0 Å². The van der Waals surface area contributed by atoms with Gasteiger partial charge in [0.1, 0.15) is 5.82 Å². The van der Waals surface area contributed by atoms with Gasteiger partial charge in [-0.1, -0.05) is 19.8 Å². The number of piperidine rings is 1. The Kier molecular flexibility index (Phi) is 4.11. The number of hydrogen-bond donors (Lipinski definition) is 0. The smallest absolute Gasteiger partial charge is 0.230 e. The molecule has 3 nitrogen and oxygen atoms in total. The van der Waals surface area contributed by atoms with Gasteiger partial charge in [-0.05, 0) is 69.1 Å². The van der Waals surface area contributed by atoms with Crippen LogP contribution in [0.5, 0.6) is 0 Å². The molecule has 1 amide bonds. The van der Waals surface area contributed by atoms with Gasteiger partial charge in [-0.3, -0.25) is 4.79 Å². The van der Waals surface area contributed by atoms with Gasteiger partial charge in [0.2, 0.25) is 5.91 Å². The second-order valence-electron chi connectivity index (χ2n) is 7.78. The van der Waals surface area contributed by atoms with Crippen molar-refractivity contribution in [1.29, 1.82) is 0 Å². The molecule has 0 atom stereocenters. The van der Waals surface area contributed by atoms with Crippen molar-refractivity contribution in [2.45, 2.75) is 50.9 Å². The number of hydrogen-bond acceptors (Lipinski definition) is 2. The Bertz CT molecular complexity index is 631. The SMILES string of the molecule is CCN1CCC2(CC1)CN(C(=O)C1CCCC1)c1ccc(F)cc12. The molecule has 0 aromatic heterocycles. The number of rotatable bonds is 2. The highest BCUT2D eigenvalue weighted by molar-refractivity contribution is 5.98. The number of likely N-dealkylation sites (tertiary alicyclic amines) is 1. The first kappa shape index (κ1) is 16.1. The van der Waals surface area contributed by atoms with Crippen LogP contribution in [-0.2, 0) is 10.2 Å². The Hall–Kier alpha value is -1.42.